The molecule has 5 nitrogen and oxygen atoms in total. The van der Waals surface area contributed by atoms with Gasteiger partial charge in [0.1, 0.15) is 17.2 Å². The summed E-state index contributed by atoms with van der Waals surface area (Å²) in [5.74, 6) is 1.78. The van der Waals surface area contributed by atoms with Crippen molar-refractivity contribution in [2.24, 2.45) is 0 Å². The molecule has 1 amide bonds. The largest absolute Gasteiger partial charge is 0.497 e. The number of nitrogens with one attached hydrogen (secondary N) is 1. The van der Waals surface area contributed by atoms with Crippen molar-refractivity contribution in [2.75, 3.05) is 18.2 Å². The Morgan fingerprint density at radius 2 is 1.80 bits per heavy atom. The molecule has 0 heterocycles. The van der Waals surface area contributed by atoms with Gasteiger partial charge < -0.3 is 20.5 Å². The van der Waals surface area contributed by atoms with E-state index in [9.17, 15) is 4.79 Å². The van der Waals surface area contributed by atoms with Crippen LogP contribution in [0.1, 0.15) is 6.92 Å². The molecule has 104 valence electrons. The van der Waals surface area contributed by atoms with E-state index in [1.54, 1.807) is 31.4 Å². The maximum Gasteiger partial charge on any atom is 0.221 e. The SMILES string of the molecule is COc1cccc(Oc2ccc(NC(C)=O)c(N)c2)c1. The lowest BCUT2D eigenvalue weighted by molar-refractivity contribution is -0.114. The highest BCUT2D eigenvalue weighted by atomic mass is 16.5. The fraction of sp³-hybridized carbons (Fsp3) is 0.133. The number of nitrogen functional groups attached to an aromatic ring is 1. The van der Waals surface area contributed by atoms with Gasteiger partial charge in [0.15, 0.2) is 0 Å². The van der Waals surface area contributed by atoms with Crippen LogP contribution >= 0.6 is 0 Å². The van der Waals surface area contributed by atoms with Gasteiger partial charge in [-0.15, -0.1) is 0 Å². The molecule has 0 atom stereocenters. The van der Waals surface area contributed by atoms with Gasteiger partial charge in [-0.3, -0.25) is 4.79 Å². The summed E-state index contributed by atoms with van der Waals surface area (Å²) >= 11 is 0. The third-order valence-electron chi connectivity index (χ3n) is 2.61. The summed E-state index contributed by atoms with van der Waals surface area (Å²) in [5, 5.41) is 2.64. The van der Waals surface area contributed by atoms with Crippen molar-refractivity contribution >= 4 is 17.3 Å². The van der Waals surface area contributed by atoms with Crippen molar-refractivity contribution in [2.45, 2.75) is 6.92 Å². The Kier molecular flexibility index (Phi) is 4.10. The van der Waals surface area contributed by atoms with Crippen LogP contribution < -0.4 is 20.5 Å². The smallest absolute Gasteiger partial charge is 0.221 e. The van der Waals surface area contributed by atoms with Gasteiger partial charge in [0.25, 0.3) is 0 Å². The zero-order chi connectivity index (χ0) is 14.5. The first-order chi connectivity index (χ1) is 9.58. The summed E-state index contributed by atoms with van der Waals surface area (Å²) in [5.41, 5.74) is 6.87. The number of anilines is 2. The topological polar surface area (TPSA) is 73.6 Å². The second-order valence-corrected chi connectivity index (χ2v) is 4.21. The molecule has 5 heteroatoms. The van der Waals surface area contributed by atoms with Crippen LogP contribution in [0.3, 0.4) is 0 Å². The van der Waals surface area contributed by atoms with Crippen molar-refractivity contribution in [3.63, 3.8) is 0 Å². The number of amides is 1. The van der Waals surface area contributed by atoms with Crippen LogP contribution in [0.4, 0.5) is 11.4 Å². The van der Waals surface area contributed by atoms with Crippen molar-refractivity contribution in [1.82, 2.24) is 0 Å². The van der Waals surface area contributed by atoms with Crippen LogP contribution in [0.2, 0.25) is 0 Å². The minimum absolute atomic E-state index is 0.168. The summed E-state index contributed by atoms with van der Waals surface area (Å²) in [6.45, 7) is 1.43. The average molecular weight is 272 g/mol. The molecule has 2 aromatic rings. The molecular formula is C15H16N2O3. The van der Waals surface area contributed by atoms with Gasteiger partial charge >= 0.3 is 0 Å². The lowest BCUT2D eigenvalue weighted by Gasteiger charge is -2.10. The highest BCUT2D eigenvalue weighted by molar-refractivity contribution is 5.92. The normalized spacial score (nSPS) is 9.90. The highest BCUT2D eigenvalue weighted by Gasteiger charge is 2.04. The van der Waals surface area contributed by atoms with Gasteiger partial charge in [-0.25, -0.2) is 0 Å². The molecule has 0 aliphatic rings. The van der Waals surface area contributed by atoms with Crippen LogP contribution in [-0.2, 0) is 4.79 Å². The highest BCUT2D eigenvalue weighted by Crippen LogP contribution is 2.29. The molecule has 20 heavy (non-hydrogen) atoms. The maximum atomic E-state index is 11.0. The number of rotatable bonds is 4. The molecular weight excluding hydrogens is 256 g/mol. The predicted octanol–water partition coefficient (Wildman–Crippen LogP) is 3.03. The van der Waals surface area contributed by atoms with E-state index < -0.39 is 0 Å². The van der Waals surface area contributed by atoms with Gasteiger partial charge in [-0.1, -0.05) is 6.07 Å². The molecule has 0 aliphatic carbocycles. The first-order valence-electron chi connectivity index (χ1n) is 6.07. The molecule has 0 aliphatic heterocycles. The van der Waals surface area contributed by atoms with Gasteiger partial charge in [0.05, 0.1) is 18.5 Å². The summed E-state index contributed by atoms with van der Waals surface area (Å²) < 4.78 is 10.8. The van der Waals surface area contributed by atoms with Crippen LogP contribution in [0, 0.1) is 0 Å². The monoisotopic (exact) mass is 272 g/mol. The molecule has 2 aromatic carbocycles. The number of benzene rings is 2. The Hall–Kier alpha value is -2.69. The first kappa shape index (κ1) is 13.7. The Balaban J connectivity index is 2.17. The second kappa shape index (κ2) is 5.97. The Morgan fingerprint density at radius 3 is 2.45 bits per heavy atom. The number of nitrogens with two attached hydrogens (primary N) is 1. The quantitative estimate of drug-likeness (QED) is 0.839. The third kappa shape index (κ3) is 3.41. The molecule has 0 unspecified atom stereocenters. The summed E-state index contributed by atoms with van der Waals surface area (Å²) in [6, 6.07) is 12.4. The summed E-state index contributed by atoms with van der Waals surface area (Å²) in [7, 11) is 1.60. The maximum absolute atomic E-state index is 11.0. The molecule has 0 saturated carbocycles. The van der Waals surface area contributed by atoms with E-state index in [2.05, 4.69) is 5.32 Å². The number of ether oxygens (including phenoxy) is 2. The Labute approximate surface area is 117 Å². The van der Waals surface area contributed by atoms with E-state index in [4.69, 9.17) is 15.2 Å². The molecule has 0 fully saturated rings. The standard InChI is InChI=1S/C15H16N2O3/c1-10(18)17-15-7-6-13(9-14(15)16)20-12-5-3-4-11(8-12)19-2/h3-9H,16H2,1-2H3,(H,17,18). The van der Waals surface area contributed by atoms with Gasteiger partial charge in [0, 0.05) is 19.1 Å². The molecule has 0 saturated heterocycles. The van der Waals surface area contributed by atoms with Gasteiger partial charge in [-0.2, -0.15) is 0 Å². The number of methoxy groups -OCH3 is 1. The zero-order valence-corrected chi connectivity index (χ0v) is 11.3. The number of hydrogen-bond donors (Lipinski definition) is 2. The summed E-state index contributed by atoms with van der Waals surface area (Å²) in [6.07, 6.45) is 0. The number of carbonyl (C=O) groups is 1. The minimum atomic E-state index is -0.168. The lowest BCUT2D eigenvalue weighted by Crippen LogP contribution is -2.07. The van der Waals surface area contributed by atoms with Crippen molar-refractivity contribution < 1.29 is 14.3 Å². The summed E-state index contributed by atoms with van der Waals surface area (Å²) in [4.78, 5) is 11.0. The van der Waals surface area contributed by atoms with Crippen molar-refractivity contribution in [1.29, 1.82) is 0 Å². The molecule has 0 aromatic heterocycles. The Bertz CT molecular complexity index is 626. The van der Waals surface area contributed by atoms with Crippen molar-refractivity contribution in [3.8, 4) is 17.2 Å². The fourth-order valence-electron chi connectivity index (χ4n) is 1.71. The van der Waals surface area contributed by atoms with E-state index in [0.29, 0.717) is 28.6 Å². The van der Waals surface area contributed by atoms with E-state index >= 15 is 0 Å². The molecule has 2 rings (SSSR count). The van der Waals surface area contributed by atoms with Crippen LogP contribution in [0.5, 0.6) is 17.2 Å². The van der Waals surface area contributed by atoms with Crippen LogP contribution in [0.25, 0.3) is 0 Å². The van der Waals surface area contributed by atoms with E-state index in [0.717, 1.165) is 0 Å². The lowest BCUT2D eigenvalue weighted by atomic mass is 10.2. The van der Waals surface area contributed by atoms with E-state index in [-0.39, 0.29) is 5.91 Å². The second-order valence-electron chi connectivity index (χ2n) is 4.21. The molecule has 0 radical (unpaired) electrons. The molecule has 3 N–H and O–H groups in total. The molecule has 0 bridgehead atoms. The average Bonchev–Trinajstić information content (AvgIpc) is 2.42. The van der Waals surface area contributed by atoms with Gasteiger partial charge in [0.2, 0.25) is 5.91 Å². The Morgan fingerprint density at radius 1 is 1.10 bits per heavy atom. The van der Waals surface area contributed by atoms with Crippen LogP contribution in [-0.4, -0.2) is 13.0 Å². The zero-order valence-electron chi connectivity index (χ0n) is 11.3. The predicted molar refractivity (Wildman–Crippen MR) is 78.2 cm³/mol. The first-order valence-corrected chi connectivity index (χ1v) is 6.07. The number of hydrogen-bond acceptors (Lipinski definition) is 4. The van der Waals surface area contributed by atoms with E-state index in [1.165, 1.54) is 6.92 Å². The molecule has 0 spiro atoms. The van der Waals surface area contributed by atoms with Gasteiger partial charge in [-0.05, 0) is 24.3 Å². The minimum Gasteiger partial charge on any atom is -0.497 e. The van der Waals surface area contributed by atoms with Crippen LogP contribution in [0.15, 0.2) is 42.5 Å². The van der Waals surface area contributed by atoms with E-state index in [1.807, 2.05) is 18.2 Å². The fourth-order valence-corrected chi connectivity index (χ4v) is 1.71. The number of carbonyl (C=O) groups excluding carboxylic acids is 1. The van der Waals surface area contributed by atoms with Crippen molar-refractivity contribution in [3.05, 3.63) is 42.5 Å². The third-order valence-corrected chi connectivity index (χ3v) is 2.61.